The molecule has 0 atom stereocenters. The molecule has 0 heterocycles. The number of likely N-dealkylation sites (N-methyl/N-ethyl adjacent to an activating group) is 1. The Morgan fingerprint density at radius 1 is 1.43 bits per heavy atom. The van der Waals surface area contributed by atoms with Crippen LogP contribution in [0.15, 0.2) is 36.5 Å². The molecule has 0 aromatic heterocycles. The van der Waals surface area contributed by atoms with Gasteiger partial charge in [-0.1, -0.05) is 37.8 Å². The van der Waals surface area contributed by atoms with Crippen molar-refractivity contribution < 1.29 is 0 Å². The van der Waals surface area contributed by atoms with Crippen LogP contribution < -0.4 is 0 Å². The van der Waals surface area contributed by atoms with Gasteiger partial charge in [0.1, 0.15) is 0 Å². The van der Waals surface area contributed by atoms with Crippen LogP contribution in [0.2, 0.25) is 0 Å². The molecule has 0 amide bonds. The molecule has 0 aliphatic carbocycles. The quantitative estimate of drug-likeness (QED) is 0.584. The molecule has 0 aromatic carbocycles. The van der Waals surface area contributed by atoms with Crippen molar-refractivity contribution in [3.63, 3.8) is 0 Å². The first-order chi connectivity index (χ1) is 6.61. The molecule has 80 valence electrons. The fourth-order valence-electron chi connectivity index (χ4n) is 0.984. The Labute approximate surface area is 88.8 Å². The van der Waals surface area contributed by atoms with Crippen LogP contribution in [-0.2, 0) is 0 Å². The van der Waals surface area contributed by atoms with Crippen molar-refractivity contribution >= 4 is 0 Å². The molecule has 1 nitrogen and oxygen atoms in total. The van der Waals surface area contributed by atoms with E-state index in [2.05, 4.69) is 57.5 Å². The molecule has 0 saturated heterocycles. The van der Waals surface area contributed by atoms with E-state index in [1.807, 2.05) is 6.08 Å². The topological polar surface area (TPSA) is 3.24 Å². The lowest BCUT2D eigenvalue weighted by Crippen LogP contribution is -2.27. The fourth-order valence-corrected chi connectivity index (χ4v) is 0.984. The summed E-state index contributed by atoms with van der Waals surface area (Å²) in [4.78, 5) is 2.30. The summed E-state index contributed by atoms with van der Waals surface area (Å²) >= 11 is 0. The van der Waals surface area contributed by atoms with E-state index in [1.165, 1.54) is 5.57 Å². The van der Waals surface area contributed by atoms with Gasteiger partial charge in [0.2, 0.25) is 0 Å². The average molecular weight is 193 g/mol. The SMILES string of the molecule is C=C/C(=C\C=C/CC)CN(C)C(C)C. The smallest absolute Gasteiger partial charge is 0.0233 e. The van der Waals surface area contributed by atoms with E-state index in [-0.39, 0.29) is 0 Å². The maximum Gasteiger partial charge on any atom is 0.0233 e. The second kappa shape index (κ2) is 7.57. The third-order valence-electron chi connectivity index (χ3n) is 2.26. The van der Waals surface area contributed by atoms with Gasteiger partial charge in [0.15, 0.2) is 0 Å². The number of hydrogen-bond donors (Lipinski definition) is 0. The maximum absolute atomic E-state index is 3.82. The van der Waals surface area contributed by atoms with Gasteiger partial charge in [-0.2, -0.15) is 0 Å². The molecule has 0 fully saturated rings. The van der Waals surface area contributed by atoms with Gasteiger partial charge >= 0.3 is 0 Å². The van der Waals surface area contributed by atoms with E-state index in [9.17, 15) is 0 Å². The summed E-state index contributed by atoms with van der Waals surface area (Å²) in [5.41, 5.74) is 1.27. The van der Waals surface area contributed by atoms with Crippen molar-refractivity contribution in [1.82, 2.24) is 4.90 Å². The van der Waals surface area contributed by atoms with E-state index >= 15 is 0 Å². The minimum Gasteiger partial charge on any atom is -0.300 e. The van der Waals surface area contributed by atoms with Gasteiger partial charge in [0.25, 0.3) is 0 Å². The van der Waals surface area contributed by atoms with Crippen molar-refractivity contribution in [2.75, 3.05) is 13.6 Å². The summed E-state index contributed by atoms with van der Waals surface area (Å²) in [7, 11) is 2.13. The standard InChI is InChI=1S/C13H23N/c1-6-8-9-10-13(7-2)11-14(5)12(3)4/h7-10,12H,2,6,11H2,1,3-5H3/b9-8-,13-10+. The molecule has 0 bridgehead atoms. The van der Waals surface area contributed by atoms with E-state index in [0.29, 0.717) is 6.04 Å². The number of nitrogens with zero attached hydrogens (tertiary/aromatic N) is 1. The van der Waals surface area contributed by atoms with E-state index in [1.54, 1.807) is 0 Å². The predicted molar refractivity (Wildman–Crippen MR) is 65.5 cm³/mol. The van der Waals surface area contributed by atoms with Crippen LogP contribution in [0.1, 0.15) is 27.2 Å². The first-order valence-electron chi connectivity index (χ1n) is 5.30. The molecule has 14 heavy (non-hydrogen) atoms. The van der Waals surface area contributed by atoms with Crippen molar-refractivity contribution in [3.8, 4) is 0 Å². The van der Waals surface area contributed by atoms with Crippen molar-refractivity contribution in [2.24, 2.45) is 0 Å². The van der Waals surface area contributed by atoms with Gasteiger partial charge in [-0.3, -0.25) is 4.90 Å². The highest BCUT2D eigenvalue weighted by Gasteiger charge is 2.02. The first-order valence-corrected chi connectivity index (χ1v) is 5.30. The zero-order chi connectivity index (χ0) is 11.0. The second-order valence-electron chi connectivity index (χ2n) is 3.79. The predicted octanol–water partition coefficient (Wildman–Crippen LogP) is 3.41. The van der Waals surface area contributed by atoms with Crippen LogP contribution in [0.5, 0.6) is 0 Å². The van der Waals surface area contributed by atoms with Crippen LogP contribution >= 0.6 is 0 Å². The molecule has 0 radical (unpaired) electrons. The van der Waals surface area contributed by atoms with Crippen LogP contribution in [0.4, 0.5) is 0 Å². The summed E-state index contributed by atoms with van der Waals surface area (Å²) in [5.74, 6) is 0. The number of rotatable bonds is 6. The fraction of sp³-hybridized carbons (Fsp3) is 0.538. The van der Waals surface area contributed by atoms with Crippen molar-refractivity contribution in [2.45, 2.75) is 33.2 Å². The van der Waals surface area contributed by atoms with E-state index < -0.39 is 0 Å². The first kappa shape index (κ1) is 13.2. The lowest BCUT2D eigenvalue weighted by molar-refractivity contribution is 0.299. The van der Waals surface area contributed by atoms with Crippen molar-refractivity contribution in [1.29, 1.82) is 0 Å². The molecular formula is C13H23N. The minimum absolute atomic E-state index is 0.577. The Bertz CT molecular complexity index is 211. The molecule has 0 unspecified atom stereocenters. The van der Waals surface area contributed by atoms with Gasteiger partial charge in [0, 0.05) is 12.6 Å². The molecule has 0 saturated carbocycles. The average Bonchev–Trinajstić information content (AvgIpc) is 2.16. The van der Waals surface area contributed by atoms with Crippen LogP contribution in [-0.4, -0.2) is 24.5 Å². The summed E-state index contributed by atoms with van der Waals surface area (Å²) in [6.07, 6.45) is 9.40. The van der Waals surface area contributed by atoms with Gasteiger partial charge in [-0.25, -0.2) is 0 Å². The van der Waals surface area contributed by atoms with Crippen LogP contribution in [0.3, 0.4) is 0 Å². The van der Waals surface area contributed by atoms with Gasteiger partial charge in [0.05, 0.1) is 0 Å². The summed E-state index contributed by atoms with van der Waals surface area (Å²) in [5, 5.41) is 0. The minimum atomic E-state index is 0.577. The molecule has 0 N–H and O–H groups in total. The van der Waals surface area contributed by atoms with Gasteiger partial charge < -0.3 is 0 Å². The lowest BCUT2D eigenvalue weighted by atomic mass is 10.2. The highest BCUT2D eigenvalue weighted by molar-refractivity contribution is 5.23. The molecule has 1 heteroatoms. The van der Waals surface area contributed by atoms with E-state index in [0.717, 1.165) is 13.0 Å². The Morgan fingerprint density at radius 2 is 2.07 bits per heavy atom. The third kappa shape index (κ3) is 5.76. The summed E-state index contributed by atoms with van der Waals surface area (Å²) < 4.78 is 0. The maximum atomic E-state index is 3.82. The molecule has 0 aliphatic heterocycles. The Kier molecular flexibility index (Phi) is 7.13. The molecule has 0 spiro atoms. The highest BCUT2D eigenvalue weighted by atomic mass is 15.1. The zero-order valence-electron chi connectivity index (χ0n) is 9.96. The van der Waals surface area contributed by atoms with E-state index in [4.69, 9.17) is 0 Å². The Hall–Kier alpha value is -0.820. The highest BCUT2D eigenvalue weighted by Crippen LogP contribution is 2.03. The molecular weight excluding hydrogens is 170 g/mol. The van der Waals surface area contributed by atoms with Crippen LogP contribution in [0, 0.1) is 0 Å². The summed E-state index contributed by atoms with van der Waals surface area (Å²) in [6.45, 7) is 11.3. The molecule has 0 aromatic rings. The zero-order valence-corrected chi connectivity index (χ0v) is 9.96. The number of hydrogen-bond acceptors (Lipinski definition) is 1. The third-order valence-corrected chi connectivity index (χ3v) is 2.26. The second-order valence-corrected chi connectivity index (χ2v) is 3.79. The van der Waals surface area contributed by atoms with Crippen LogP contribution in [0.25, 0.3) is 0 Å². The summed E-state index contributed by atoms with van der Waals surface area (Å²) in [6, 6.07) is 0.577. The lowest BCUT2D eigenvalue weighted by Gasteiger charge is -2.21. The Morgan fingerprint density at radius 3 is 2.50 bits per heavy atom. The van der Waals surface area contributed by atoms with Crippen molar-refractivity contribution in [3.05, 3.63) is 36.5 Å². The normalized spacial score (nSPS) is 13.1. The van der Waals surface area contributed by atoms with Gasteiger partial charge in [-0.15, -0.1) is 0 Å². The van der Waals surface area contributed by atoms with Gasteiger partial charge in [-0.05, 0) is 32.9 Å². The molecule has 0 aliphatic rings. The monoisotopic (exact) mass is 193 g/mol. The number of allylic oxidation sites excluding steroid dienone is 3. The Balaban J connectivity index is 4.21. The molecule has 0 rings (SSSR count). The largest absolute Gasteiger partial charge is 0.300 e.